The van der Waals surface area contributed by atoms with Crippen LogP contribution in [0.5, 0.6) is 0 Å². The first kappa shape index (κ1) is 16.8. The highest BCUT2D eigenvalue weighted by atomic mass is 16.7. The lowest BCUT2D eigenvalue weighted by molar-refractivity contribution is -0.209. The summed E-state index contributed by atoms with van der Waals surface area (Å²) in [6, 6.07) is 0. The van der Waals surface area contributed by atoms with Crippen LogP contribution in [-0.4, -0.2) is 19.0 Å². The Hall–Kier alpha value is -0.340. The molecule has 0 radical (unpaired) electrons. The predicted octanol–water partition coefficient (Wildman–Crippen LogP) is 5.57. The summed E-state index contributed by atoms with van der Waals surface area (Å²) in [7, 11) is 0. The Bertz CT molecular complexity index is 548. The van der Waals surface area contributed by atoms with Gasteiger partial charge in [-0.2, -0.15) is 0 Å². The quantitative estimate of drug-likeness (QED) is 0.579. The summed E-state index contributed by atoms with van der Waals surface area (Å²) < 4.78 is 12.1. The smallest absolute Gasteiger partial charge is 0.168 e. The molecule has 3 unspecified atom stereocenters. The van der Waals surface area contributed by atoms with Crippen LogP contribution >= 0.6 is 0 Å². The van der Waals surface area contributed by atoms with Crippen LogP contribution in [0.15, 0.2) is 12.2 Å². The Labute approximate surface area is 153 Å². The van der Waals surface area contributed by atoms with Crippen molar-refractivity contribution in [3.8, 4) is 0 Å². The van der Waals surface area contributed by atoms with Crippen LogP contribution in [0.2, 0.25) is 0 Å². The van der Waals surface area contributed by atoms with Gasteiger partial charge in [0.1, 0.15) is 0 Å². The van der Waals surface area contributed by atoms with Crippen LogP contribution in [0.1, 0.15) is 71.6 Å². The molecule has 4 aliphatic carbocycles. The summed E-state index contributed by atoms with van der Waals surface area (Å²) in [5, 5.41) is 0. The van der Waals surface area contributed by atoms with Crippen molar-refractivity contribution in [2.45, 2.75) is 77.4 Å². The van der Waals surface area contributed by atoms with Crippen molar-refractivity contribution in [3.05, 3.63) is 12.2 Å². The average molecular weight is 345 g/mol. The topological polar surface area (TPSA) is 18.5 Å². The molecule has 1 heterocycles. The second-order valence-corrected chi connectivity index (χ2v) is 10.3. The number of allylic oxidation sites excluding steroid dienone is 1. The maximum Gasteiger partial charge on any atom is 0.168 e. The van der Waals surface area contributed by atoms with Crippen LogP contribution in [0.25, 0.3) is 0 Å². The van der Waals surface area contributed by atoms with Gasteiger partial charge in [-0.05, 0) is 92.8 Å². The average Bonchev–Trinajstić information content (AvgIpc) is 3.18. The van der Waals surface area contributed by atoms with Gasteiger partial charge in [-0.25, -0.2) is 0 Å². The van der Waals surface area contributed by atoms with Crippen LogP contribution in [-0.2, 0) is 9.47 Å². The van der Waals surface area contributed by atoms with Crippen molar-refractivity contribution in [1.29, 1.82) is 0 Å². The molecule has 7 atom stereocenters. The van der Waals surface area contributed by atoms with E-state index in [1.165, 1.54) is 56.9 Å². The molecule has 1 saturated heterocycles. The summed E-state index contributed by atoms with van der Waals surface area (Å²) in [5.41, 5.74) is 2.00. The van der Waals surface area contributed by atoms with E-state index in [1.54, 1.807) is 0 Å². The maximum absolute atomic E-state index is 6.06. The standard InChI is InChI=1S/C23H36O2/c1-15(2)20-6-7-21-19-5-4-16-14-23(24-12-13-25-23)11-9-17(16)18(19)8-10-22(20,21)3/h16-21H,1,4-14H2,2-3H3/t16-,17+,18?,19-,20?,21?,22-/m1/s1. The molecule has 0 aromatic heterocycles. The fourth-order valence-corrected chi connectivity index (χ4v) is 8.39. The molecule has 1 aliphatic heterocycles. The minimum Gasteiger partial charge on any atom is -0.348 e. The minimum atomic E-state index is -0.185. The van der Waals surface area contributed by atoms with Crippen LogP contribution in [0, 0.1) is 40.9 Å². The van der Waals surface area contributed by atoms with Crippen LogP contribution in [0.3, 0.4) is 0 Å². The summed E-state index contributed by atoms with van der Waals surface area (Å²) in [5.74, 6) is 5.34. The van der Waals surface area contributed by atoms with Gasteiger partial charge in [-0.1, -0.05) is 19.1 Å². The Morgan fingerprint density at radius 1 is 0.880 bits per heavy atom. The van der Waals surface area contributed by atoms with Gasteiger partial charge < -0.3 is 9.47 Å². The fourth-order valence-electron chi connectivity index (χ4n) is 8.39. The van der Waals surface area contributed by atoms with Gasteiger partial charge in [-0.3, -0.25) is 0 Å². The van der Waals surface area contributed by atoms with Crippen molar-refractivity contribution in [3.63, 3.8) is 0 Å². The lowest BCUT2D eigenvalue weighted by atomic mass is 9.49. The van der Waals surface area contributed by atoms with E-state index in [2.05, 4.69) is 20.4 Å². The summed E-state index contributed by atoms with van der Waals surface area (Å²) in [4.78, 5) is 0. The molecular formula is C23H36O2. The van der Waals surface area contributed by atoms with Gasteiger partial charge in [0.25, 0.3) is 0 Å². The molecule has 5 aliphatic rings. The van der Waals surface area contributed by atoms with E-state index in [4.69, 9.17) is 9.47 Å². The van der Waals surface area contributed by atoms with Crippen molar-refractivity contribution in [1.82, 2.24) is 0 Å². The number of rotatable bonds is 1. The number of hydrogen-bond acceptors (Lipinski definition) is 2. The van der Waals surface area contributed by atoms with Crippen LogP contribution in [0.4, 0.5) is 0 Å². The fraction of sp³-hybridized carbons (Fsp3) is 0.913. The molecule has 5 rings (SSSR count). The monoisotopic (exact) mass is 344 g/mol. The van der Waals surface area contributed by atoms with Crippen molar-refractivity contribution in [2.24, 2.45) is 40.9 Å². The van der Waals surface area contributed by atoms with E-state index in [9.17, 15) is 0 Å². The Morgan fingerprint density at radius 2 is 1.64 bits per heavy atom. The lowest BCUT2D eigenvalue weighted by Gasteiger charge is -2.57. The molecule has 0 N–H and O–H groups in total. The number of hydrogen-bond donors (Lipinski definition) is 0. The predicted molar refractivity (Wildman–Crippen MR) is 100 cm³/mol. The third-order valence-corrected chi connectivity index (χ3v) is 9.36. The second-order valence-electron chi connectivity index (χ2n) is 10.3. The molecule has 0 bridgehead atoms. The summed E-state index contributed by atoms with van der Waals surface area (Å²) >= 11 is 0. The molecular weight excluding hydrogens is 308 g/mol. The zero-order valence-corrected chi connectivity index (χ0v) is 16.3. The first-order valence-corrected chi connectivity index (χ1v) is 11.0. The van der Waals surface area contributed by atoms with Gasteiger partial charge in [0.2, 0.25) is 0 Å². The third-order valence-electron chi connectivity index (χ3n) is 9.36. The lowest BCUT2D eigenvalue weighted by Crippen LogP contribution is -2.51. The first-order valence-electron chi connectivity index (χ1n) is 11.0. The van der Waals surface area contributed by atoms with E-state index >= 15 is 0 Å². The van der Waals surface area contributed by atoms with Gasteiger partial charge >= 0.3 is 0 Å². The second kappa shape index (κ2) is 5.83. The van der Waals surface area contributed by atoms with E-state index in [0.717, 1.165) is 55.1 Å². The molecule has 0 amide bonds. The van der Waals surface area contributed by atoms with Gasteiger partial charge in [-0.15, -0.1) is 0 Å². The van der Waals surface area contributed by atoms with Crippen LogP contribution < -0.4 is 0 Å². The van der Waals surface area contributed by atoms with Crippen molar-refractivity contribution < 1.29 is 9.47 Å². The zero-order valence-electron chi connectivity index (χ0n) is 16.3. The number of ether oxygens (including phenoxy) is 2. The van der Waals surface area contributed by atoms with Gasteiger partial charge in [0, 0.05) is 12.8 Å². The Morgan fingerprint density at radius 3 is 2.40 bits per heavy atom. The zero-order chi connectivity index (χ0) is 17.2. The van der Waals surface area contributed by atoms with Crippen molar-refractivity contribution >= 4 is 0 Å². The summed E-state index contributed by atoms with van der Waals surface area (Å²) in [6.45, 7) is 10.9. The SMILES string of the molecule is C=C(C)C1CCC2[C@@H]3CC[C@@H]4CC5(CC[C@@H]4C3CC[C@]12C)OCCO5. The summed E-state index contributed by atoms with van der Waals surface area (Å²) in [6.07, 6.45) is 12.3. The van der Waals surface area contributed by atoms with Gasteiger partial charge in [0.15, 0.2) is 5.79 Å². The Balaban J connectivity index is 1.35. The maximum atomic E-state index is 6.06. The highest BCUT2D eigenvalue weighted by Crippen LogP contribution is 2.65. The molecule has 2 heteroatoms. The number of fused-ring (bicyclic) bond motifs is 5. The van der Waals surface area contributed by atoms with E-state index < -0.39 is 0 Å². The van der Waals surface area contributed by atoms with E-state index in [0.29, 0.717) is 5.41 Å². The highest BCUT2D eigenvalue weighted by molar-refractivity contribution is 5.14. The normalized spacial score (nSPS) is 51.0. The third kappa shape index (κ3) is 2.42. The molecule has 140 valence electrons. The molecule has 25 heavy (non-hydrogen) atoms. The molecule has 4 saturated carbocycles. The van der Waals surface area contributed by atoms with Crippen molar-refractivity contribution in [2.75, 3.05) is 13.2 Å². The first-order chi connectivity index (χ1) is 12.0. The molecule has 2 nitrogen and oxygen atoms in total. The Kier molecular flexibility index (Phi) is 3.92. The van der Waals surface area contributed by atoms with Gasteiger partial charge in [0.05, 0.1) is 13.2 Å². The largest absolute Gasteiger partial charge is 0.348 e. The molecule has 0 aromatic rings. The minimum absolute atomic E-state index is 0.185. The molecule has 5 fully saturated rings. The van der Waals surface area contributed by atoms with E-state index in [1.807, 2.05) is 0 Å². The highest BCUT2D eigenvalue weighted by Gasteiger charge is 2.58. The molecule has 0 aromatic carbocycles. The van der Waals surface area contributed by atoms with E-state index in [-0.39, 0.29) is 5.79 Å². The molecule has 1 spiro atoms.